The summed E-state index contributed by atoms with van der Waals surface area (Å²) >= 11 is 0. The molecule has 0 saturated carbocycles. The molecule has 0 saturated heterocycles. The Labute approximate surface area is 91.2 Å². The number of nitrogens with zero attached hydrogens (tertiary/aromatic N) is 1. The van der Waals surface area contributed by atoms with E-state index in [2.05, 4.69) is 0 Å². The summed E-state index contributed by atoms with van der Waals surface area (Å²) in [5.74, 6) is -1.84. The molecule has 0 heterocycles. The average Bonchev–Trinajstić information content (AvgIpc) is 2.21. The molecule has 0 aliphatic carbocycles. The molecule has 0 aliphatic heterocycles. The summed E-state index contributed by atoms with van der Waals surface area (Å²) in [6.07, 6.45) is -0.115. The van der Waals surface area contributed by atoms with Crippen molar-refractivity contribution in [2.75, 3.05) is 0 Å². The minimum atomic E-state index is -1.20. The lowest BCUT2D eigenvalue weighted by Gasteiger charge is -2.09. The molecule has 6 nitrogen and oxygen atoms in total. The Morgan fingerprint density at radius 3 is 2.56 bits per heavy atom. The number of benzene rings is 1. The van der Waals surface area contributed by atoms with Gasteiger partial charge in [0.2, 0.25) is 0 Å². The zero-order valence-corrected chi connectivity index (χ0v) is 8.21. The van der Waals surface area contributed by atoms with Crippen molar-refractivity contribution in [3.8, 4) is 17.6 Å². The summed E-state index contributed by atoms with van der Waals surface area (Å²) in [6, 6.07) is 2.76. The lowest BCUT2D eigenvalue weighted by Crippen LogP contribution is -2.32. The Hall–Kier alpha value is -2.26. The molecule has 0 fully saturated rings. The van der Waals surface area contributed by atoms with E-state index in [4.69, 9.17) is 16.1 Å². The van der Waals surface area contributed by atoms with E-state index in [1.807, 2.05) is 0 Å². The van der Waals surface area contributed by atoms with Crippen molar-refractivity contribution in [1.82, 2.24) is 0 Å². The molecule has 0 amide bonds. The fourth-order valence-corrected chi connectivity index (χ4v) is 1.20. The van der Waals surface area contributed by atoms with E-state index < -0.39 is 12.0 Å². The predicted octanol–water partition coefficient (Wildman–Crippen LogP) is -0.0761. The second-order valence-electron chi connectivity index (χ2n) is 3.26. The molecule has 0 aliphatic rings. The second kappa shape index (κ2) is 4.51. The van der Waals surface area contributed by atoms with Gasteiger partial charge in [0.05, 0.1) is 5.56 Å². The SMILES string of the molecule is N#Cc1cc(CC(N)C(=O)O)c(O)cc1O. The van der Waals surface area contributed by atoms with Gasteiger partial charge >= 0.3 is 5.97 Å². The quantitative estimate of drug-likeness (QED) is 0.566. The van der Waals surface area contributed by atoms with Crippen LogP contribution < -0.4 is 5.73 Å². The molecular weight excluding hydrogens is 212 g/mol. The Morgan fingerprint density at radius 1 is 1.44 bits per heavy atom. The van der Waals surface area contributed by atoms with E-state index in [0.717, 1.165) is 6.07 Å². The van der Waals surface area contributed by atoms with E-state index in [1.54, 1.807) is 6.07 Å². The summed E-state index contributed by atoms with van der Waals surface area (Å²) < 4.78 is 0. The molecule has 16 heavy (non-hydrogen) atoms. The van der Waals surface area contributed by atoms with Crippen LogP contribution in [0.1, 0.15) is 11.1 Å². The molecule has 84 valence electrons. The van der Waals surface area contributed by atoms with Crippen molar-refractivity contribution >= 4 is 5.97 Å². The minimum Gasteiger partial charge on any atom is -0.508 e. The van der Waals surface area contributed by atoms with Crippen molar-refractivity contribution in [2.24, 2.45) is 5.73 Å². The maximum Gasteiger partial charge on any atom is 0.320 e. The first-order valence-corrected chi connectivity index (χ1v) is 4.39. The van der Waals surface area contributed by atoms with Gasteiger partial charge in [-0.1, -0.05) is 0 Å². The molecule has 5 N–H and O–H groups in total. The summed E-state index contributed by atoms with van der Waals surface area (Å²) in [5.41, 5.74) is 5.47. The molecule has 1 aromatic carbocycles. The second-order valence-corrected chi connectivity index (χ2v) is 3.26. The van der Waals surface area contributed by atoms with Crippen molar-refractivity contribution in [3.63, 3.8) is 0 Å². The highest BCUT2D eigenvalue weighted by Crippen LogP contribution is 2.27. The number of rotatable bonds is 3. The summed E-state index contributed by atoms with van der Waals surface area (Å²) in [4.78, 5) is 10.5. The number of carboxylic acid groups (broad SMARTS) is 1. The summed E-state index contributed by atoms with van der Waals surface area (Å²) in [5, 5.41) is 35.9. The number of carbonyl (C=O) groups is 1. The van der Waals surface area contributed by atoms with Crippen molar-refractivity contribution in [1.29, 1.82) is 5.26 Å². The van der Waals surface area contributed by atoms with Crippen LogP contribution in [0, 0.1) is 11.3 Å². The largest absolute Gasteiger partial charge is 0.508 e. The van der Waals surface area contributed by atoms with Crippen molar-refractivity contribution in [3.05, 3.63) is 23.3 Å². The van der Waals surface area contributed by atoms with Gasteiger partial charge in [0, 0.05) is 12.5 Å². The minimum absolute atomic E-state index is 0.0367. The third-order valence-electron chi connectivity index (χ3n) is 2.07. The van der Waals surface area contributed by atoms with Gasteiger partial charge in [-0.15, -0.1) is 0 Å². The zero-order valence-electron chi connectivity index (χ0n) is 8.21. The highest BCUT2D eigenvalue weighted by Gasteiger charge is 2.16. The standard InChI is InChI=1S/C10H10N2O4/c11-4-6-1-5(2-7(12)10(15)16)8(13)3-9(6)14/h1,3,7,13-14H,2,12H2,(H,15,16). The average molecular weight is 222 g/mol. The zero-order chi connectivity index (χ0) is 12.3. The van der Waals surface area contributed by atoms with Gasteiger partial charge in [-0.25, -0.2) is 0 Å². The number of phenolic OH excluding ortho intramolecular Hbond substituents is 2. The van der Waals surface area contributed by atoms with Gasteiger partial charge in [-0.05, 0) is 11.6 Å². The van der Waals surface area contributed by atoms with E-state index in [9.17, 15) is 15.0 Å². The number of hydrogen-bond acceptors (Lipinski definition) is 5. The number of aliphatic carboxylic acids is 1. The monoisotopic (exact) mass is 222 g/mol. The number of aromatic hydroxyl groups is 2. The highest BCUT2D eigenvalue weighted by molar-refractivity contribution is 5.73. The third-order valence-corrected chi connectivity index (χ3v) is 2.07. The molecule has 1 unspecified atom stereocenters. The van der Waals surface area contributed by atoms with Crippen LogP contribution in [0.3, 0.4) is 0 Å². The van der Waals surface area contributed by atoms with Gasteiger partial charge in [0.25, 0.3) is 0 Å². The van der Waals surface area contributed by atoms with Gasteiger partial charge in [0.1, 0.15) is 23.6 Å². The molecule has 0 spiro atoms. The van der Waals surface area contributed by atoms with Gasteiger partial charge in [0.15, 0.2) is 0 Å². The number of nitrogens with two attached hydrogens (primary N) is 1. The van der Waals surface area contributed by atoms with Gasteiger partial charge in [-0.3, -0.25) is 4.79 Å². The van der Waals surface area contributed by atoms with Crippen molar-refractivity contribution in [2.45, 2.75) is 12.5 Å². The van der Waals surface area contributed by atoms with Crippen LogP contribution in [-0.2, 0) is 11.2 Å². The Balaban J connectivity index is 3.06. The number of nitriles is 1. The Morgan fingerprint density at radius 2 is 2.06 bits per heavy atom. The third kappa shape index (κ3) is 2.40. The normalized spacial score (nSPS) is 11.8. The van der Waals surface area contributed by atoms with E-state index in [0.29, 0.717) is 0 Å². The first-order chi connectivity index (χ1) is 7.45. The van der Waals surface area contributed by atoms with Crippen LogP contribution in [0.15, 0.2) is 12.1 Å². The topological polar surface area (TPSA) is 128 Å². The molecule has 1 aromatic rings. The molecule has 0 radical (unpaired) electrons. The van der Waals surface area contributed by atoms with Crippen LogP contribution in [0.2, 0.25) is 0 Å². The van der Waals surface area contributed by atoms with Gasteiger partial charge in [-0.2, -0.15) is 5.26 Å². The van der Waals surface area contributed by atoms with E-state index in [-0.39, 0.29) is 29.0 Å². The maximum absolute atomic E-state index is 10.5. The molecule has 0 bridgehead atoms. The molecule has 1 rings (SSSR count). The summed E-state index contributed by atoms with van der Waals surface area (Å²) in [7, 11) is 0. The fourth-order valence-electron chi connectivity index (χ4n) is 1.20. The molecule has 0 aromatic heterocycles. The maximum atomic E-state index is 10.5. The lowest BCUT2D eigenvalue weighted by molar-refractivity contribution is -0.138. The molecule has 1 atom stereocenters. The highest BCUT2D eigenvalue weighted by atomic mass is 16.4. The first-order valence-electron chi connectivity index (χ1n) is 4.39. The van der Waals surface area contributed by atoms with E-state index in [1.165, 1.54) is 6.07 Å². The Bertz CT molecular complexity index is 465. The predicted molar refractivity (Wildman–Crippen MR) is 53.8 cm³/mol. The van der Waals surface area contributed by atoms with Crippen LogP contribution in [0.4, 0.5) is 0 Å². The van der Waals surface area contributed by atoms with Crippen LogP contribution in [0.25, 0.3) is 0 Å². The van der Waals surface area contributed by atoms with Crippen LogP contribution in [-0.4, -0.2) is 27.3 Å². The molecule has 6 heteroatoms. The lowest BCUT2D eigenvalue weighted by atomic mass is 10.0. The van der Waals surface area contributed by atoms with E-state index >= 15 is 0 Å². The molecular formula is C10H10N2O4. The smallest absolute Gasteiger partial charge is 0.320 e. The van der Waals surface area contributed by atoms with Crippen LogP contribution in [0.5, 0.6) is 11.5 Å². The van der Waals surface area contributed by atoms with Crippen molar-refractivity contribution < 1.29 is 20.1 Å². The fraction of sp³-hybridized carbons (Fsp3) is 0.200. The number of carboxylic acids is 1. The number of phenols is 2. The van der Waals surface area contributed by atoms with Gasteiger partial charge < -0.3 is 21.1 Å². The van der Waals surface area contributed by atoms with Crippen LogP contribution >= 0.6 is 0 Å². The Kier molecular flexibility index (Phi) is 3.33. The first kappa shape index (κ1) is 11.8. The number of hydrogen-bond donors (Lipinski definition) is 4. The summed E-state index contributed by atoms with van der Waals surface area (Å²) in [6.45, 7) is 0.